The average Bonchev–Trinajstić information content (AvgIpc) is 3.31. The minimum Gasteiger partial charge on any atom is -0.481 e. The number of hydrogen-bond acceptors (Lipinski definition) is 6. The molecule has 9 heteroatoms. The third-order valence-corrected chi connectivity index (χ3v) is 6.03. The summed E-state index contributed by atoms with van der Waals surface area (Å²) in [6, 6.07) is 0. The van der Waals surface area contributed by atoms with Crippen molar-refractivity contribution < 1.29 is 28.6 Å². The van der Waals surface area contributed by atoms with Gasteiger partial charge in [0.1, 0.15) is 11.4 Å². The number of amides is 1. The van der Waals surface area contributed by atoms with E-state index in [1.807, 2.05) is 27.7 Å². The van der Waals surface area contributed by atoms with Crippen LogP contribution in [0.25, 0.3) is 0 Å². The lowest BCUT2D eigenvalue weighted by atomic mass is 9.94. The first-order valence-electron chi connectivity index (χ1n) is 11.3. The molecule has 1 atom stereocenters. The predicted molar refractivity (Wildman–Crippen MR) is 122 cm³/mol. The summed E-state index contributed by atoms with van der Waals surface area (Å²) in [7, 11) is 0. The van der Waals surface area contributed by atoms with Gasteiger partial charge in [0, 0.05) is 37.8 Å². The standard InChI is InChI=1S/C12H18BrNO2.C11H17NO4/c1-2-10(15)7-5-3-4-6-8-12-14-9-11(13)16-12;1-10(2,3)16-9(15)12-5-11(6-12)4-7(11)8(13)14/h9H,2-8H2,1H3;7H,4-6H2,1-3H3,(H,13,14). The largest absolute Gasteiger partial charge is 0.481 e. The molecule has 32 heavy (non-hydrogen) atoms. The van der Waals surface area contributed by atoms with Gasteiger partial charge in [-0.15, -0.1) is 0 Å². The van der Waals surface area contributed by atoms with Gasteiger partial charge in [0.15, 0.2) is 10.6 Å². The number of oxazole rings is 1. The zero-order chi connectivity index (χ0) is 23.9. The monoisotopic (exact) mass is 514 g/mol. The van der Waals surface area contributed by atoms with Crippen LogP contribution in [0.3, 0.4) is 0 Å². The molecule has 0 aromatic carbocycles. The average molecular weight is 515 g/mol. The second-order valence-corrected chi connectivity index (χ2v) is 10.4. The van der Waals surface area contributed by atoms with Crippen molar-refractivity contribution in [3.63, 3.8) is 0 Å². The Morgan fingerprint density at radius 2 is 1.91 bits per heavy atom. The SMILES string of the molecule is CC(C)(C)OC(=O)N1CC2(CC2C(=O)O)C1.CCC(=O)CCCCCCc1ncc(Br)o1. The Morgan fingerprint density at radius 3 is 2.41 bits per heavy atom. The minimum atomic E-state index is -0.746. The highest BCUT2D eigenvalue weighted by Crippen LogP contribution is 2.58. The lowest BCUT2D eigenvalue weighted by molar-refractivity contribution is -0.140. The fourth-order valence-electron chi connectivity index (χ4n) is 3.75. The molecule has 1 saturated heterocycles. The number of carboxylic acids is 1. The first kappa shape index (κ1) is 26.4. The van der Waals surface area contributed by atoms with Crippen molar-refractivity contribution in [1.29, 1.82) is 0 Å². The van der Waals surface area contributed by atoms with Gasteiger partial charge in [-0.2, -0.15) is 0 Å². The first-order valence-corrected chi connectivity index (χ1v) is 12.1. The Hall–Kier alpha value is -1.90. The summed E-state index contributed by atoms with van der Waals surface area (Å²) in [5, 5.41) is 8.83. The normalized spacial score (nSPS) is 18.4. The molecule has 1 aliphatic heterocycles. The highest BCUT2D eigenvalue weighted by atomic mass is 79.9. The fraction of sp³-hybridized carbons (Fsp3) is 0.739. The van der Waals surface area contributed by atoms with Gasteiger partial charge in [0.25, 0.3) is 0 Å². The van der Waals surface area contributed by atoms with Crippen molar-refractivity contribution in [3.8, 4) is 0 Å². The summed E-state index contributed by atoms with van der Waals surface area (Å²) in [6.07, 6.45) is 8.67. The van der Waals surface area contributed by atoms with Crippen LogP contribution in [0.1, 0.15) is 78.5 Å². The number of ketones is 1. The summed E-state index contributed by atoms with van der Waals surface area (Å²) >= 11 is 3.22. The maximum atomic E-state index is 11.6. The van der Waals surface area contributed by atoms with Crippen molar-refractivity contribution in [2.24, 2.45) is 11.3 Å². The Balaban J connectivity index is 0.000000227. The molecular formula is C23H35BrN2O6. The zero-order valence-electron chi connectivity index (χ0n) is 19.5. The Morgan fingerprint density at radius 1 is 1.25 bits per heavy atom. The fourth-order valence-corrected chi connectivity index (χ4v) is 4.04. The topological polar surface area (TPSA) is 110 Å². The molecule has 0 bridgehead atoms. The number of Topliss-reactive ketones (excluding diaryl/α,β-unsaturated/α-hetero) is 1. The number of aliphatic carboxylic acids is 1. The Kier molecular flexibility index (Phi) is 9.30. The lowest BCUT2D eigenvalue weighted by Crippen LogP contribution is -2.54. The molecule has 2 aliphatic rings. The van der Waals surface area contributed by atoms with Crippen LogP contribution in [0.4, 0.5) is 4.79 Å². The van der Waals surface area contributed by atoms with E-state index in [2.05, 4.69) is 20.9 Å². The van der Waals surface area contributed by atoms with Gasteiger partial charge >= 0.3 is 12.1 Å². The second-order valence-electron chi connectivity index (χ2n) is 9.66. The maximum absolute atomic E-state index is 11.6. The summed E-state index contributed by atoms with van der Waals surface area (Å²) in [6.45, 7) is 8.42. The first-order chi connectivity index (χ1) is 15.0. The van der Waals surface area contributed by atoms with Gasteiger partial charge in [-0.25, -0.2) is 9.78 Å². The Bertz CT molecular complexity index is 795. The molecule has 3 rings (SSSR count). The summed E-state index contributed by atoms with van der Waals surface area (Å²) in [5.74, 6) is 0.156. The molecule has 1 aromatic rings. The second kappa shape index (κ2) is 11.3. The van der Waals surface area contributed by atoms with E-state index in [0.29, 0.717) is 36.4 Å². The lowest BCUT2D eigenvalue weighted by Gasteiger charge is -2.40. The molecule has 1 aliphatic carbocycles. The van der Waals surface area contributed by atoms with E-state index in [1.54, 1.807) is 11.1 Å². The number of carboxylic acid groups (broad SMARTS) is 1. The van der Waals surface area contributed by atoms with Crippen LogP contribution >= 0.6 is 15.9 Å². The molecule has 1 amide bonds. The van der Waals surface area contributed by atoms with Gasteiger partial charge < -0.3 is 19.2 Å². The summed E-state index contributed by atoms with van der Waals surface area (Å²) < 4.78 is 11.2. The molecule has 2 fully saturated rings. The minimum absolute atomic E-state index is 0.136. The molecule has 1 saturated carbocycles. The molecular weight excluding hydrogens is 480 g/mol. The quantitative estimate of drug-likeness (QED) is 0.448. The summed E-state index contributed by atoms with van der Waals surface area (Å²) in [4.78, 5) is 39.1. The van der Waals surface area contributed by atoms with E-state index in [9.17, 15) is 14.4 Å². The van der Waals surface area contributed by atoms with Crippen LogP contribution in [0.15, 0.2) is 15.3 Å². The van der Waals surface area contributed by atoms with Crippen LogP contribution in [0, 0.1) is 11.3 Å². The zero-order valence-corrected chi connectivity index (χ0v) is 21.1. The van der Waals surface area contributed by atoms with E-state index in [4.69, 9.17) is 14.3 Å². The summed E-state index contributed by atoms with van der Waals surface area (Å²) in [5.41, 5.74) is -0.627. The van der Waals surface area contributed by atoms with Crippen LogP contribution in [0.5, 0.6) is 0 Å². The molecule has 8 nitrogen and oxygen atoms in total. The number of nitrogens with zero attached hydrogens (tertiary/aromatic N) is 2. The van der Waals surface area contributed by atoms with Crippen molar-refractivity contribution in [2.75, 3.05) is 13.1 Å². The van der Waals surface area contributed by atoms with Gasteiger partial charge in [-0.1, -0.05) is 19.8 Å². The van der Waals surface area contributed by atoms with Crippen molar-refractivity contribution >= 4 is 33.8 Å². The number of halogens is 1. The van der Waals surface area contributed by atoms with Crippen LogP contribution in [-0.2, 0) is 20.7 Å². The molecule has 1 N–H and O–H groups in total. The van der Waals surface area contributed by atoms with Crippen LogP contribution in [-0.4, -0.2) is 51.5 Å². The van der Waals surface area contributed by atoms with E-state index >= 15 is 0 Å². The number of carbonyl (C=O) groups is 3. The van der Waals surface area contributed by atoms with Gasteiger partial charge in [0.05, 0.1) is 12.1 Å². The highest BCUT2D eigenvalue weighted by Gasteiger charge is 2.66. The molecule has 1 unspecified atom stereocenters. The predicted octanol–water partition coefficient (Wildman–Crippen LogP) is 5.24. The van der Waals surface area contributed by atoms with Crippen molar-refractivity contribution in [2.45, 2.75) is 84.7 Å². The van der Waals surface area contributed by atoms with E-state index in [1.165, 1.54) is 0 Å². The van der Waals surface area contributed by atoms with Gasteiger partial charge in [-0.3, -0.25) is 9.59 Å². The van der Waals surface area contributed by atoms with E-state index < -0.39 is 11.6 Å². The van der Waals surface area contributed by atoms with Gasteiger partial charge in [0.2, 0.25) is 0 Å². The highest BCUT2D eigenvalue weighted by molar-refractivity contribution is 9.10. The third-order valence-electron chi connectivity index (χ3n) is 5.67. The number of unbranched alkanes of at least 4 members (excludes halogenated alkanes) is 3. The number of likely N-dealkylation sites (tertiary alicyclic amines) is 1. The van der Waals surface area contributed by atoms with Gasteiger partial charge in [-0.05, 0) is 56.0 Å². The van der Waals surface area contributed by atoms with Crippen LogP contribution < -0.4 is 0 Å². The number of hydrogen-bond donors (Lipinski definition) is 1. The Labute approximate surface area is 198 Å². The van der Waals surface area contributed by atoms with Crippen LogP contribution in [0.2, 0.25) is 0 Å². The maximum Gasteiger partial charge on any atom is 0.410 e. The number of ether oxygens (including phenoxy) is 1. The molecule has 180 valence electrons. The smallest absolute Gasteiger partial charge is 0.410 e. The number of aromatic nitrogens is 1. The number of aryl methyl sites for hydroxylation is 1. The van der Waals surface area contributed by atoms with E-state index in [-0.39, 0.29) is 17.4 Å². The number of rotatable bonds is 9. The molecule has 1 spiro atoms. The molecule has 2 heterocycles. The third kappa shape index (κ3) is 8.22. The molecule has 1 aromatic heterocycles. The van der Waals surface area contributed by atoms with E-state index in [0.717, 1.165) is 44.4 Å². The number of carbonyl (C=O) groups excluding carboxylic acids is 2. The van der Waals surface area contributed by atoms with Crippen molar-refractivity contribution in [3.05, 3.63) is 16.8 Å². The molecule has 0 radical (unpaired) electrons. The van der Waals surface area contributed by atoms with Crippen molar-refractivity contribution in [1.82, 2.24) is 9.88 Å².